The van der Waals surface area contributed by atoms with Crippen LogP contribution < -0.4 is 9.64 Å². The summed E-state index contributed by atoms with van der Waals surface area (Å²) in [5.41, 5.74) is 2.10. The summed E-state index contributed by atoms with van der Waals surface area (Å²) < 4.78 is 5.47. The molecule has 0 aromatic carbocycles. The monoisotopic (exact) mass is 304 g/mol. The zero-order valence-electron chi connectivity index (χ0n) is 13.6. The van der Waals surface area contributed by atoms with Gasteiger partial charge in [-0.2, -0.15) is 4.98 Å². The Morgan fingerprint density at radius 3 is 2.50 bits per heavy atom. The highest BCUT2D eigenvalue weighted by molar-refractivity contribution is 5.87. The van der Waals surface area contributed by atoms with Gasteiger partial charge in [-0.05, 0) is 26.3 Å². The number of hydrogen-bond donors (Lipinski definition) is 0. The number of ether oxygens (including phenoxy) is 1. The lowest BCUT2D eigenvalue weighted by Crippen LogP contribution is -2.48. The zero-order valence-corrected chi connectivity index (χ0v) is 13.6. The van der Waals surface area contributed by atoms with E-state index in [9.17, 15) is 4.79 Å². The highest BCUT2D eigenvalue weighted by Gasteiger charge is 2.23. The molecule has 1 saturated heterocycles. The van der Waals surface area contributed by atoms with Crippen LogP contribution in [-0.2, 0) is 11.2 Å². The molecule has 1 aromatic heterocycles. The van der Waals surface area contributed by atoms with Crippen LogP contribution in [0.25, 0.3) is 0 Å². The maximum atomic E-state index is 11.7. The van der Waals surface area contributed by atoms with Crippen molar-refractivity contribution in [3.05, 3.63) is 23.9 Å². The molecule has 2 heterocycles. The first kappa shape index (κ1) is 16.3. The topological polar surface area (TPSA) is 58.6 Å². The summed E-state index contributed by atoms with van der Waals surface area (Å²) in [7, 11) is 0. The van der Waals surface area contributed by atoms with Crippen molar-refractivity contribution < 1.29 is 9.53 Å². The Balaban J connectivity index is 2.21. The van der Waals surface area contributed by atoms with Crippen molar-refractivity contribution in [2.45, 2.75) is 27.2 Å². The number of amides is 1. The largest absolute Gasteiger partial charge is 0.464 e. The third-order valence-electron chi connectivity index (χ3n) is 3.86. The third-order valence-corrected chi connectivity index (χ3v) is 3.86. The maximum absolute atomic E-state index is 11.7. The molecule has 6 nitrogen and oxygen atoms in total. The number of carbonyl (C=O) groups excluding carboxylic acids is 1. The van der Waals surface area contributed by atoms with Crippen LogP contribution in [-0.4, -0.2) is 53.6 Å². The standard InChI is InChI=1S/C16H24N4O2/c1-5-13-12(4)17-16(22-7-3)18-15(13)20-10-8-19(9-11-20)14(21)6-2/h6H,2,5,7-11H2,1,3-4H3. The molecule has 0 bridgehead atoms. The summed E-state index contributed by atoms with van der Waals surface area (Å²) in [4.78, 5) is 24.7. The van der Waals surface area contributed by atoms with Crippen LogP contribution >= 0.6 is 0 Å². The molecular formula is C16H24N4O2. The second kappa shape index (κ2) is 7.24. The Labute approximate surface area is 131 Å². The van der Waals surface area contributed by atoms with E-state index >= 15 is 0 Å². The minimum atomic E-state index is -0.00996. The minimum Gasteiger partial charge on any atom is -0.464 e. The molecule has 1 aliphatic heterocycles. The van der Waals surface area contributed by atoms with Gasteiger partial charge in [-0.25, -0.2) is 4.98 Å². The molecule has 0 unspecified atom stereocenters. The molecule has 0 N–H and O–H groups in total. The lowest BCUT2D eigenvalue weighted by molar-refractivity contribution is -0.126. The molecule has 1 aromatic rings. The van der Waals surface area contributed by atoms with Gasteiger partial charge in [0.15, 0.2) is 0 Å². The van der Waals surface area contributed by atoms with Gasteiger partial charge < -0.3 is 14.5 Å². The number of piperazine rings is 1. The molecule has 0 aliphatic carbocycles. The van der Waals surface area contributed by atoms with Gasteiger partial charge in [0, 0.05) is 37.4 Å². The van der Waals surface area contributed by atoms with E-state index in [1.807, 2.05) is 18.7 Å². The summed E-state index contributed by atoms with van der Waals surface area (Å²) in [6.07, 6.45) is 2.24. The molecule has 120 valence electrons. The fourth-order valence-electron chi connectivity index (χ4n) is 2.69. The highest BCUT2D eigenvalue weighted by Crippen LogP contribution is 2.25. The van der Waals surface area contributed by atoms with E-state index in [1.54, 1.807) is 0 Å². The summed E-state index contributed by atoms with van der Waals surface area (Å²) in [6, 6.07) is 0.428. The molecule has 6 heteroatoms. The number of rotatable bonds is 5. The summed E-state index contributed by atoms with van der Waals surface area (Å²) in [6.45, 7) is 13.0. The number of carbonyl (C=O) groups is 1. The molecule has 1 amide bonds. The summed E-state index contributed by atoms with van der Waals surface area (Å²) in [5.74, 6) is 0.924. The average molecular weight is 304 g/mol. The van der Waals surface area contributed by atoms with Crippen LogP contribution in [0.15, 0.2) is 12.7 Å². The van der Waals surface area contributed by atoms with E-state index in [0.717, 1.165) is 36.6 Å². The van der Waals surface area contributed by atoms with Crippen molar-refractivity contribution in [1.82, 2.24) is 14.9 Å². The first-order valence-electron chi connectivity index (χ1n) is 7.77. The molecule has 0 radical (unpaired) electrons. The summed E-state index contributed by atoms with van der Waals surface area (Å²) >= 11 is 0. The summed E-state index contributed by atoms with van der Waals surface area (Å²) in [5, 5.41) is 0. The average Bonchev–Trinajstić information content (AvgIpc) is 2.54. The van der Waals surface area contributed by atoms with Crippen LogP contribution in [0.1, 0.15) is 25.1 Å². The SMILES string of the molecule is C=CC(=O)N1CCN(c2nc(OCC)nc(C)c2CC)CC1. The molecule has 0 saturated carbocycles. The fourth-order valence-corrected chi connectivity index (χ4v) is 2.69. The second-order valence-electron chi connectivity index (χ2n) is 5.20. The van der Waals surface area contributed by atoms with Crippen LogP contribution in [0.3, 0.4) is 0 Å². The van der Waals surface area contributed by atoms with Crippen molar-refractivity contribution >= 4 is 11.7 Å². The molecule has 0 spiro atoms. The Morgan fingerprint density at radius 1 is 1.27 bits per heavy atom. The normalized spacial score (nSPS) is 14.9. The Bertz CT molecular complexity index is 551. The number of aryl methyl sites for hydroxylation is 1. The quantitative estimate of drug-likeness (QED) is 0.773. The van der Waals surface area contributed by atoms with Crippen molar-refractivity contribution in [3.63, 3.8) is 0 Å². The first-order valence-corrected chi connectivity index (χ1v) is 7.77. The number of hydrogen-bond acceptors (Lipinski definition) is 5. The van der Waals surface area contributed by atoms with Gasteiger partial charge in [0.25, 0.3) is 0 Å². The van der Waals surface area contributed by atoms with E-state index < -0.39 is 0 Å². The van der Waals surface area contributed by atoms with E-state index in [-0.39, 0.29) is 5.91 Å². The van der Waals surface area contributed by atoms with Crippen LogP contribution in [0.2, 0.25) is 0 Å². The lowest BCUT2D eigenvalue weighted by Gasteiger charge is -2.36. The molecular weight excluding hydrogens is 280 g/mol. The Hall–Kier alpha value is -2.11. The van der Waals surface area contributed by atoms with E-state index in [1.165, 1.54) is 6.08 Å². The van der Waals surface area contributed by atoms with Crippen LogP contribution in [0.5, 0.6) is 6.01 Å². The van der Waals surface area contributed by atoms with Crippen molar-refractivity contribution in [1.29, 1.82) is 0 Å². The van der Waals surface area contributed by atoms with Crippen LogP contribution in [0, 0.1) is 6.92 Å². The van der Waals surface area contributed by atoms with Crippen molar-refractivity contribution in [2.75, 3.05) is 37.7 Å². The van der Waals surface area contributed by atoms with Crippen molar-refractivity contribution in [3.8, 4) is 6.01 Å². The lowest BCUT2D eigenvalue weighted by atomic mass is 10.1. The molecule has 2 rings (SSSR count). The van der Waals surface area contributed by atoms with Gasteiger partial charge in [-0.15, -0.1) is 0 Å². The van der Waals surface area contributed by atoms with Gasteiger partial charge in [-0.3, -0.25) is 4.79 Å². The Morgan fingerprint density at radius 2 is 1.95 bits per heavy atom. The molecule has 1 aliphatic rings. The predicted octanol–water partition coefficient (Wildman–Crippen LogP) is 1.58. The smallest absolute Gasteiger partial charge is 0.318 e. The molecule has 1 fully saturated rings. The van der Waals surface area contributed by atoms with E-state index in [0.29, 0.717) is 25.7 Å². The highest BCUT2D eigenvalue weighted by atomic mass is 16.5. The zero-order chi connectivity index (χ0) is 16.1. The predicted molar refractivity (Wildman–Crippen MR) is 86.3 cm³/mol. The van der Waals surface area contributed by atoms with Gasteiger partial charge in [0.2, 0.25) is 5.91 Å². The number of anilines is 1. The second-order valence-corrected chi connectivity index (χ2v) is 5.20. The maximum Gasteiger partial charge on any atom is 0.318 e. The Kier molecular flexibility index (Phi) is 5.35. The molecule has 0 atom stereocenters. The van der Waals surface area contributed by atoms with Crippen molar-refractivity contribution in [2.24, 2.45) is 0 Å². The third kappa shape index (κ3) is 3.37. The number of aromatic nitrogens is 2. The van der Waals surface area contributed by atoms with Gasteiger partial charge >= 0.3 is 6.01 Å². The van der Waals surface area contributed by atoms with Gasteiger partial charge in [0.1, 0.15) is 5.82 Å². The molecule has 22 heavy (non-hydrogen) atoms. The van der Waals surface area contributed by atoms with Crippen LogP contribution in [0.4, 0.5) is 5.82 Å². The number of nitrogens with zero attached hydrogens (tertiary/aromatic N) is 4. The minimum absolute atomic E-state index is 0.00996. The fraction of sp³-hybridized carbons (Fsp3) is 0.562. The van der Waals surface area contributed by atoms with E-state index in [2.05, 4.69) is 28.4 Å². The van der Waals surface area contributed by atoms with Gasteiger partial charge in [-0.1, -0.05) is 13.5 Å². The first-order chi connectivity index (χ1) is 10.6. The van der Waals surface area contributed by atoms with E-state index in [4.69, 9.17) is 4.74 Å². The van der Waals surface area contributed by atoms with Gasteiger partial charge in [0.05, 0.1) is 6.61 Å².